The molecule has 0 radical (unpaired) electrons. The summed E-state index contributed by atoms with van der Waals surface area (Å²) in [6.45, 7) is 4.43. The van der Waals surface area contributed by atoms with Gasteiger partial charge in [-0.05, 0) is 31.5 Å². The Kier molecular flexibility index (Phi) is 5.76. The normalized spacial score (nSPS) is 11.2. The third-order valence-corrected chi connectivity index (χ3v) is 3.48. The van der Waals surface area contributed by atoms with Crippen molar-refractivity contribution < 1.29 is 23.8 Å². The largest absolute Gasteiger partial charge is 0.475 e. The van der Waals surface area contributed by atoms with E-state index in [0.29, 0.717) is 12.4 Å². The Balaban J connectivity index is 1.79. The Labute approximate surface area is 140 Å². The summed E-state index contributed by atoms with van der Waals surface area (Å²) < 4.78 is 10.7. The molecule has 24 heavy (non-hydrogen) atoms. The molecule has 0 aliphatic rings. The highest BCUT2D eigenvalue weighted by molar-refractivity contribution is 5.84. The molecule has 1 heterocycles. The van der Waals surface area contributed by atoms with Gasteiger partial charge in [0.15, 0.2) is 0 Å². The molecule has 2 N–H and O–H groups in total. The van der Waals surface area contributed by atoms with Crippen LogP contribution in [0.3, 0.4) is 0 Å². The van der Waals surface area contributed by atoms with Crippen molar-refractivity contribution in [2.24, 2.45) is 5.41 Å². The highest BCUT2D eigenvalue weighted by Gasteiger charge is 2.28. The lowest BCUT2D eigenvalue weighted by atomic mass is 9.93. The highest BCUT2D eigenvalue weighted by Crippen LogP contribution is 2.17. The Bertz CT molecular complexity index is 690. The van der Waals surface area contributed by atoms with Crippen LogP contribution in [0, 0.1) is 5.41 Å². The van der Waals surface area contributed by atoms with Gasteiger partial charge in [-0.3, -0.25) is 4.79 Å². The van der Waals surface area contributed by atoms with E-state index in [1.165, 1.54) is 12.1 Å². The maximum atomic E-state index is 12.3. The molecular formula is C18H21NO5. The molecule has 0 atom stereocenters. The summed E-state index contributed by atoms with van der Waals surface area (Å²) in [5.74, 6) is -1.09. The Morgan fingerprint density at radius 2 is 1.88 bits per heavy atom. The quantitative estimate of drug-likeness (QED) is 0.776. The number of carboxylic acids is 1. The van der Waals surface area contributed by atoms with Crippen LogP contribution in [0.4, 0.5) is 0 Å². The number of ether oxygens (including phenoxy) is 1. The molecule has 1 aromatic heterocycles. The molecule has 6 heteroatoms. The van der Waals surface area contributed by atoms with Gasteiger partial charge >= 0.3 is 5.97 Å². The van der Waals surface area contributed by atoms with Gasteiger partial charge in [-0.15, -0.1) is 0 Å². The van der Waals surface area contributed by atoms with Crippen LogP contribution in [-0.4, -0.2) is 23.6 Å². The minimum Gasteiger partial charge on any atom is -0.475 e. The van der Waals surface area contributed by atoms with Gasteiger partial charge in [0.1, 0.15) is 5.76 Å². The lowest BCUT2D eigenvalue weighted by molar-refractivity contribution is -0.133. The monoisotopic (exact) mass is 331 g/mol. The van der Waals surface area contributed by atoms with Gasteiger partial charge in [0.05, 0.1) is 25.2 Å². The van der Waals surface area contributed by atoms with Crippen molar-refractivity contribution in [3.8, 4) is 0 Å². The second-order valence-electron chi connectivity index (χ2n) is 6.12. The van der Waals surface area contributed by atoms with Crippen molar-refractivity contribution in [1.82, 2.24) is 5.32 Å². The minimum atomic E-state index is -1.14. The van der Waals surface area contributed by atoms with Crippen LogP contribution in [0.2, 0.25) is 0 Å². The van der Waals surface area contributed by atoms with Crippen molar-refractivity contribution in [3.63, 3.8) is 0 Å². The average molecular weight is 331 g/mol. The minimum absolute atomic E-state index is 0.133. The highest BCUT2D eigenvalue weighted by atomic mass is 16.5. The van der Waals surface area contributed by atoms with Crippen LogP contribution in [0.5, 0.6) is 0 Å². The second kappa shape index (κ2) is 7.79. The van der Waals surface area contributed by atoms with Crippen molar-refractivity contribution in [2.75, 3.05) is 6.61 Å². The molecule has 0 unspecified atom stereocenters. The van der Waals surface area contributed by atoms with E-state index < -0.39 is 11.4 Å². The third kappa shape index (κ3) is 4.96. The first-order valence-corrected chi connectivity index (χ1v) is 7.60. The van der Waals surface area contributed by atoms with E-state index in [0.717, 1.165) is 5.56 Å². The van der Waals surface area contributed by atoms with Gasteiger partial charge in [-0.2, -0.15) is 0 Å². The van der Waals surface area contributed by atoms with E-state index in [-0.39, 0.29) is 24.8 Å². The number of carbonyl (C=O) groups excluding carboxylic acids is 1. The fraction of sp³-hybridized carbons (Fsp3) is 0.333. The Hall–Kier alpha value is -2.60. The number of nitrogens with one attached hydrogen (secondary N) is 1. The lowest BCUT2D eigenvalue weighted by Gasteiger charge is -2.23. The zero-order chi connectivity index (χ0) is 17.6. The van der Waals surface area contributed by atoms with E-state index >= 15 is 0 Å². The maximum Gasteiger partial charge on any atom is 0.371 e. The SMILES string of the molecule is CC(C)(COCc1ccccc1)C(=O)NCc1ccc(C(=O)O)o1. The van der Waals surface area contributed by atoms with E-state index in [4.69, 9.17) is 14.3 Å². The summed E-state index contributed by atoms with van der Waals surface area (Å²) in [5.41, 5.74) is 0.335. The van der Waals surface area contributed by atoms with Gasteiger partial charge in [0.2, 0.25) is 11.7 Å². The van der Waals surface area contributed by atoms with Gasteiger partial charge in [0, 0.05) is 0 Å². The number of hydrogen-bond donors (Lipinski definition) is 2. The number of furan rings is 1. The van der Waals surface area contributed by atoms with Gasteiger partial charge in [-0.25, -0.2) is 4.79 Å². The van der Waals surface area contributed by atoms with Gasteiger partial charge in [0.25, 0.3) is 0 Å². The molecule has 0 fully saturated rings. The first-order valence-electron chi connectivity index (χ1n) is 7.60. The number of amides is 1. The first kappa shape index (κ1) is 17.7. The van der Waals surface area contributed by atoms with E-state index in [2.05, 4.69) is 5.32 Å². The standard InChI is InChI=1S/C18H21NO5/c1-18(2,12-23-11-13-6-4-3-5-7-13)17(22)19-10-14-8-9-15(24-14)16(20)21/h3-9H,10-12H2,1-2H3,(H,19,22)(H,20,21). The topological polar surface area (TPSA) is 88.8 Å². The Morgan fingerprint density at radius 3 is 2.50 bits per heavy atom. The molecule has 1 amide bonds. The van der Waals surface area contributed by atoms with Gasteiger partial charge in [-0.1, -0.05) is 30.3 Å². The molecular weight excluding hydrogens is 310 g/mol. The number of carboxylic acid groups (broad SMARTS) is 1. The molecule has 1 aromatic carbocycles. The van der Waals surface area contributed by atoms with E-state index in [1.807, 2.05) is 30.3 Å². The zero-order valence-electron chi connectivity index (χ0n) is 13.7. The number of benzene rings is 1. The molecule has 0 bridgehead atoms. The fourth-order valence-electron chi connectivity index (χ4n) is 2.06. The van der Waals surface area contributed by atoms with Crippen molar-refractivity contribution in [2.45, 2.75) is 27.0 Å². The van der Waals surface area contributed by atoms with Crippen LogP contribution in [0.1, 0.15) is 35.7 Å². The number of rotatable bonds is 8. The van der Waals surface area contributed by atoms with Crippen molar-refractivity contribution >= 4 is 11.9 Å². The average Bonchev–Trinajstić information content (AvgIpc) is 3.02. The fourth-order valence-corrected chi connectivity index (χ4v) is 2.06. The molecule has 2 rings (SSSR count). The van der Waals surface area contributed by atoms with Crippen LogP contribution in [0.25, 0.3) is 0 Å². The summed E-state index contributed by atoms with van der Waals surface area (Å²) in [6, 6.07) is 12.6. The summed E-state index contributed by atoms with van der Waals surface area (Å²) in [5, 5.41) is 11.5. The molecule has 6 nitrogen and oxygen atoms in total. The number of hydrogen-bond acceptors (Lipinski definition) is 4. The predicted molar refractivity (Wildman–Crippen MR) is 87.4 cm³/mol. The zero-order valence-corrected chi connectivity index (χ0v) is 13.7. The molecule has 2 aromatic rings. The molecule has 0 saturated heterocycles. The molecule has 0 spiro atoms. The van der Waals surface area contributed by atoms with Crippen molar-refractivity contribution in [1.29, 1.82) is 0 Å². The smallest absolute Gasteiger partial charge is 0.371 e. The third-order valence-electron chi connectivity index (χ3n) is 3.48. The molecule has 0 aliphatic heterocycles. The Morgan fingerprint density at radius 1 is 1.17 bits per heavy atom. The molecule has 128 valence electrons. The van der Waals surface area contributed by atoms with E-state index in [9.17, 15) is 9.59 Å². The maximum absolute atomic E-state index is 12.3. The second-order valence-corrected chi connectivity index (χ2v) is 6.12. The number of aromatic carboxylic acids is 1. The summed E-state index contributed by atoms with van der Waals surface area (Å²) >= 11 is 0. The summed E-state index contributed by atoms with van der Waals surface area (Å²) in [6.07, 6.45) is 0. The number of carbonyl (C=O) groups is 2. The summed E-state index contributed by atoms with van der Waals surface area (Å²) in [7, 11) is 0. The van der Waals surface area contributed by atoms with Crippen LogP contribution in [-0.2, 0) is 22.7 Å². The van der Waals surface area contributed by atoms with Gasteiger partial charge < -0.3 is 19.6 Å². The predicted octanol–water partition coefficient (Wildman–Crippen LogP) is 2.84. The lowest BCUT2D eigenvalue weighted by Crippen LogP contribution is -2.39. The van der Waals surface area contributed by atoms with Crippen LogP contribution in [0.15, 0.2) is 46.9 Å². The van der Waals surface area contributed by atoms with Crippen LogP contribution >= 0.6 is 0 Å². The van der Waals surface area contributed by atoms with E-state index in [1.54, 1.807) is 13.8 Å². The molecule has 0 saturated carbocycles. The first-order chi connectivity index (χ1) is 11.4. The van der Waals surface area contributed by atoms with Crippen LogP contribution < -0.4 is 5.32 Å². The van der Waals surface area contributed by atoms with Crippen molar-refractivity contribution in [3.05, 3.63) is 59.5 Å². The molecule has 0 aliphatic carbocycles. The summed E-state index contributed by atoms with van der Waals surface area (Å²) in [4.78, 5) is 23.0.